The summed E-state index contributed by atoms with van der Waals surface area (Å²) in [6, 6.07) is 0. The number of halogens is 1. The van der Waals surface area contributed by atoms with Crippen LogP contribution in [0.5, 0.6) is 0 Å². The molecule has 0 nitrogen and oxygen atoms in total. The van der Waals surface area contributed by atoms with Gasteiger partial charge in [-0.05, 0) is 12.8 Å². The van der Waals surface area contributed by atoms with Gasteiger partial charge in [-0.3, -0.25) is 0 Å². The van der Waals surface area contributed by atoms with Crippen LogP contribution in [-0.2, 0) is 0 Å². The minimum atomic E-state index is -0.831. The molecule has 0 atom stereocenters. The van der Waals surface area contributed by atoms with Gasteiger partial charge in [0.1, 0.15) is 0 Å². The zero-order valence-corrected chi connectivity index (χ0v) is 8.38. The van der Waals surface area contributed by atoms with E-state index in [9.17, 15) is 0 Å². The van der Waals surface area contributed by atoms with Crippen molar-refractivity contribution in [1.82, 2.24) is 0 Å². The molecule has 0 aromatic heterocycles. The molecule has 0 bridgehead atoms. The molecule has 0 radical (unpaired) electrons. The maximum Gasteiger partial charge on any atom is 0.0634 e. The van der Waals surface area contributed by atoms with Gasteiger partial charge in [0.15, 0.2) is 0 Å². The third-order valence-electron chi connectivity index (χ3n) is 2.03. The maximum atomic E-state index is 3.77. The van der Waals surface area contributed by atoms with Crippen LogP contribution < -0.4 is 0 Å². The lowest BCUT2D eigenvalue weighted by molar-refractivity contribution is 1.28. The van der Waals surface area contributed by atoms with Gasteiger partial charge in [-0.2, -0.15) is 0 Å². The first-order chi connectivity index (χ1) is 3.46. The first kappa shape index (κ1) is 6.81. The smallest absolute Gasteiger partial charge is 0.0634 e. The van der Waals surface area contributed by atoms with Crippen molar-refractivity contribution in [3.05, 3.63) is 0 Å². The zero-order chi connectivity index (χ0) is 6.41. The second kappa shape index (κ2) is 1.60. The summed E-state index contributed by atoms with van der Waals surface area (Å²) in [4.78, 5) is 0. The van der Waals surface area contributed by atoms with Gasteiger partial charge in [-0.1, -0.05) is 35.6 Å². The zero-order valence-electron chi connectivity index (χ0n) is 5.79. The predicted octanol–water partition coefficient (Wildman–Crippen LogP) is 2.79. The Bertz CT molecular complexity index is 96.3. The number of hydrogen-bond donors (Lipinski definition) is 0. The van der Waals surface area contributed by atoms with E-state index in [1.165, 1.54) is 12.8 Å². The standard InChI is InChI=1S/C6H13BrSi/c1-8(2,3)6(7)4-5-6/h4-5H2,1-3H3. The molecule has 1 aliphatic carbocycles. The molecule has 1 aliphatic rings. The second-order valence-electron chi connectivity index (χ2n) is 3.72. The first-order valence-electron chi connectivity index (χ1n) is 3.15. The van der Waals surface area contributed by atoms with Crippen LogP contribution in [0, 0.1) is 0 Å². The molecular weight excluding hydrogens is 180 g/mol. The van der Waals surface area contributed by atoms with Crippen molar-refractivity contribution in [2.24, 2.45) is 0 Å². The van der Waals surface area contributed by atoms with Crippen LogP contribution in [0.25, 0.3) is 0 Å². The molecule has 2 heteroatoms. The minimum absolute atomic E-state index is 0.639. The van der Waals surface area contributed by atoms with Crippen molar-refractivity contribution in [2.75, 3.05) is 0 Å². The summed E-state index contributed by atoms with van der Waals surface area (Å²) in [5.41, 5.74) is 0. The van der Waals surface area contributed by atoms with Crippen LogP contribution in [0.2, 0.25) is 19.6 Å². The van der Waals surface area contributed by atoms with Gasteiger partial charge in [-0.25, -0.2) is 0 Å². The van der Waals surface area contributed by atoms with Crippen LogP contribution >= 0.6 is 15.9 Å². The summed E-state index contributed by atoms with van der Waals surface area (Å²) in [7, 11) is -0.831. The Balaban J connectivity index is 2.58. The molecule has 0 heterocycles. The Kier molecular flexibility index (Phi) is 1.36. The van der Waals surface area contributed by atoms with E-state index in [4.69, 9.17) is 0 Å². The molecule has 0 aliphatic heterocycles. The highest BCUT2D eigenvalue weighted by molar-refractivity contribution is 9.10. The summed E-state index contributed by atoms with van der Waals surface area (Å²) in [6.45, 7) is 7.28. The summed E-state index contributed by atoms with van der Waals surface area (Å²) in [5, 5.41) is 0. The van der Waals surface area contributed by atoms with Crippen LogP contribution in [0.4, 0.5) is 0 Å². The van der Waals surface area contributed by atoms with E-state index in [1.807, 2.05) is 0 Å². The molecule has 0 aromatic rings. The normalized spacial score (nSPS) is 25.5. The van der Waals surface area contributed by atoms with E-state index in [0.717, 1.165) is 0 Å². The average Bonchev–Trinajstić information content (AvgIpc) is 2.16. The van der Waals surface area contributed by atoms with Crippen molar-refractivity contribution in [3.8, 4) is 0 Å². The Morgan fingerprint density at radius 2 is 1.62 bits per heavy atom. The van der Waals surface area contributed by atoms with Crippen LogP contribution in [0.15, 0.2) is 0 Å². The molecule has 0 unspecified atom stereocenters. The molecule has 0 spiro atoms. The Hall–Kier alpha value is 0.697. The molecule has 48 valence electrons. The predicted molar refractivity (Wildman–Crippen MR) is 44.2 cm³/mol. The lowest BCUT2D eigenvalue weighted by atomic mass is 11.0. The average molecular weight is 193 g/mol. The summed E-state index contributed by atoms with van der Waals surface area (Å²) in [5.74, 6) is 0. The lowest BCUT2D eigenvalue weighted by Crippen LogP contribution is -2.35. The van der Waals surface area contributed by atoms with E-state index in [2.05, 4.69) is 35.6 Å². The highest BCUT2D eigenvalue weighted by atomic mass is 79.9. The SMILES string of the molecule is C[Si](C)(C)C1(Br)CC1. The molecule has 0 aromatic carbocycles. The van der Waals surface area contributed by atoms with E-state index in [1.54, 1.807) is 0 Å². The third kappa shape index (κ3) is 1.01. The Labute approximate surface area is 60.8 Å². The lowest BCUT2D eigenvalue weighted by Gasteiger charge is -2.21. The van der Waals surface area contributed by atoms with Crippen LogP contribution in [-0.4, -0.2) is 12.0 Å². The van der Waals surface area contributed by atoms with Gasteiger partial charge in [0.2, 0.25) is 0 Å². The van der Waals surface area contributed by atoms with Crippen molar-refractivity contribution in [2.45, 2.75) is 36.4 Å². The number of alkyl halides is 1. The quantitative estimate of drug-likeness (QED) is 0.443. The van der Waals surface area contributed by atoms with E-state index < -0.39 is 8.07 Å². The van der Waals surface area contributed by atoms with Crippen molar-refractivity contribution in [3.63, 3.8) is 0 Å². The molecule has 8 heavy (non-hydrogen) atoms. The fraction of sp³-hybridized carbons (Fsp3) is 1.00. The van der Waals surface area contributed by atoms with E-state index >= 15 is 0 Å². The van der Waals surface area contributed by atoms with Crippen molar-refractivity contribution in [1.29, 1.82) is 0 Å². The molecule has 1 fully saturated rings. The summed E-state index contributed by atoms with van der Waals surface area (Å²) >= 11 is 3.77. The number of rotatable bonds is 1. The molecule has 0 N–H and O–H groups in total. The fourth-order valence-corrected chi connectivity index (χ4v) is 2.68. The van der Waals surface area contributed by atoms with Crippen molar-refractivity contribution < 1.29 is 0 Å². The van der Waals surface area contributed by atoms with Gasteiger partial charge in [0.25, 0.3) is 0 Å². The topological polar surface area (TPSA) is 0 Å². The van der Waals surface area contributed by atoms with Crippen molar-refractivity contribution >= 4 is 24.0 Å². The maximum absolute atomic E-state index is 3.77. The fourth-order valence-electron chi connectivity index (χ4n) is 0.860. The molecule has 0 saturated heterocycles. The van der Waals surface area contributed by atoms with Crippen LogP contribution in [0.1, 0.15) is 12.8 Å². The highest BCUT2D eigenvalue weighted by Gasteiger charge is 2.50. The third-order valence-corrected chi connectivity index (χ3v) is 9.58. The number of hydrogen-bond acceptors (Lipinski definition) is 0. The van der Waals surface area contributed by atoms with E-state index in [0.29, 0.717) is 3.95 Å². The second-order valence-corrected chi connectivity index (χ2v) is 11.4. The summed E-state index contributed by atoms with van der Waals surface area (Å²) in [6.07, 6.45) is 2.84. The van der Waals surface area contributed by atoms with Gasteiger partial charge in [0.05, 0.1) is 8.07 Å². The van der Waals surface area contributed by atoms with Gasteiger partial charge in [0, 0.05) is 3.95 Å². The highest BCUT2D eigenvalue weighted by Crippen LogP contribution is 2.51. The monoisotopic (exact) mass is 192 g/mol. The molecule has 1 rings (SSSR count). The van der Waals surface area contributed by atoms with Crippen LogP contribution in [0.3, 0.4) is 0 Å². The van der Waals surface area contributed by atoms with Gasteiger partial charge >= 0.3 is 0 Å². The Morgan fingerprint density at radius 1 is 1.25 bits per heavy atom. The summed E-state index contributed by atoms with van der Waals surface area (Å²) < 4.78 is 0.639. The Morgan fingerprint density at radius 3 is 1.62 bits per heavy atom. The molecule has 0 amide bonds. The minimum Gasteiger partial charge on any atom is -0.0889 e. The largest absolute Gasteiger partial charge is 0.0889 e. The first-order valence-corrected chi connectivity index (χ1v) is 7.44. The van der Waals surface area contributed by atoms with E-state index in [-0.39, 0.29) is 0 Å². The van der Waals surface area contributed by atoms with Gasteiger partial charge < -0.3 is 0 Å². The molecule has 1 saturated carbocycles. The molecular formula is C6H13BrSi. The van der Waals surface area contributed by atoms with Gasteiger partial charge in [-0.15, -0.1) is 0 Å².